The second-order valence-corrected chi connectivity index (χ2v) is 8.24. The first-order chi connectivity index (χ1) is 11.2. The molecule has 1 heterocycles. The normalized spacial score (nSPS) is 11.8. The number of rotatable bonds is 5. The van der Waals surface area contributed by atoms with Crippen LogP contribution in [0, 0.1) is 5.41 Å². The van der Waals surface area contributed by atoms with Crippen molar-refractivity contribution in [3.05, 3.63) is 54.4 Å². The number of benzene rings is 1. The average molecular weight is 347 g/mol. The first-order valence-electron chi connectivity index (χ1n) is 7.49. The Hall–Kier alpha value is -2.41. The van der Waals surface area contributed by atoms with E-state index in [1.807, 2.05) is 20.8 Å². The predicted molar refractivity (Wildman–Crippen MR) is 93.3 cm³/mol. The third-order valence-corrected chi connectivity index (χ3v) is 4.55. The van der Waals surface area contributed by atoms with Gasteiger partial charge in [-0.2, -0.15) is 0 Å². The molecule has 1 aromatic carbocycles. The Labute approximate surface area is 142 Å². The first-order valence-corrected chi connectivity index (χ1v) is 8.97. The maximum atomic E-state index is 12.6. The van der Waals surface area contributed by atoms with Crippen molar-refractivity contribution < 1.29 is 13.2 Å². The molecular formula is C17H21N3O3S. The summed E-state index contributed by atoms with van der Waals surface area (Å²) in [5.74, 6) is -0.419. The Kier molecular flexibility index (Phi) is 5.23. The number of nitrogens with zero attached hydrogens (tertiary/aromatic N) is 1. The van der Waals surface area contributed by atoms with Crippen molar-refractivity contribution >= 4 is 21.6 Å². The molecule has 0 saturated carbocycles. The van der Waals surface area contributed by atoms with Crippen LogP contribution in [-0.2, 0) is 10.0 Å². The molecule has 24 heavy (non-hydrogen) atoms. The van der Waals surface area contributed by atoms with E-state index in [0.29, 0.717) is 12.2 Å². The van der Waals surface area contributed by atoms with Gasteiger partial charge in [-0.1, -0.05) is 32.9 Å². The number of carbonyl (C=O) groups is 1. The van der Waals surface area contributed by atoms with Gasteiger partial charge in [0.25, 0.3) is 15.9 Å². The number of nitrogens with one attached hydrogen (secondary N) is 2. The van der Waals surface area contributed by atoms with Crippen molar-refractivity contribution in [1.82, 2.24) is 10.3 Å². The molecule has 0 spiro atoms. The number of carbonyl (C=O) groups excluding carboxylic acids is 1. The summed E-state index contributed by atoms with van der Waals surface area (Å²) in [7, 11) is -3.89. The molecule has 1 aromatic heterocycles. The van der Waals surface area contributed by atoms with Crippen LogP contribution in [0.3, 0.4) is 0 Å². The number of amides is 1. The van der Waals surface area contributed by atoms with Crippen LogP contribution in [0.4, 0.5) is 5.69 Å². The Morgan fingerprint density at radius 1 is 1.12 bits per heavy atom. The van der Waals surface area contributed by atoms with Gasteiger partial charge >= 0.3 is 0 Å². The van der Waals surface area contributed by atoms with Gasteiger partial charge in [-0.3, -0.25) is 14.5 Å². The fraction of sp³-hybridized carbons (Fsp3) is 0.294. The Morgan fingerprint density at radius 3 is 2.46 bits per heavy atom. The lowest BCUT2D eigenvalue weighted by Gasteiger charge is -2.19. The quantitative estimate of drug-likeness (QED) is 0.870. The van der Waals surface area contributed by atoms with Crippen molar-refractivity contribution in [2.24, 2.45) is 5.41 Å². The largest absolute Gasteiger partial charge is 0.351 e. The summed E-state index contributed by atoms with van der Waals surface area (Å²) in [4.78, 5) is 16.2. The van der Waals surface area contributed by atoms with Crippen molar-refractivity contribution in [1.29, 1.82) is 0 Å². The van der Waals surface area contributed by atoms with E-state index in [4.69, 9.17) is 0 Å². The van der Waals surface area contributed by atoms with Crippen molar-refractivity contribution in [3.63, 3.8) is 0 Å². The molecule has 0 bridgehead atoms. The zero-order valence-electron chi connectivity index (χ0n) is 13.9. The summed E-state index contributed by atoms with van der Waals surface area (Å²) in [6, 6.07) is 9.33. The Balaban J connectivity index is 2.29. The molecule has 0 saturated heterocycles. The van der Waals surface area contributed by atoms with Gasteiger partial charge < -0.3 is 5.32 Å². The lowest BCUT2D eigenvalue weighted by atomic mass is 9.97. The summed E-state index contributed by atoms with van der Waals surface area (Å²) in [6.45, 7) is 6.40. The van der Waals surface area contributed by atoms with E-state index in [-0.39, 0.29) is 15.9 Å². The summed E-state index contributed by atoms with van der Waals surface area (Å²) >= 11 is 0. The van der Waals surface area contributed by atoms with Crippen LogP contribution in [0.25, 0.3) is 0 Å². The zero-order valence-corrected chi connectivity index (χ0v) is 14.7. The van der Waals surface area contributed by atoms with Crippen molar-refractivity contribution in [2.75, 3.05) is 11.3 Å². The number of pyridine rings is 1. The van der Waals surface area contributed by atoms with Crippen LogP contribution in [0.5, 0.6) is 0 Å². The topological polar surface area (TPSA) is 88.2 Å². The van der Waals surface area contributed by atoms with Crippen LogP contribution in [-0.4, -0.2) is 25.9 Å². The number of sulfonamides is 1. The second kappa shape index (κ2) is 7.00. The highest BCUT2D eigenvalue weighted by molar-refractivity contribution is 7.92. The Morgan fingerprint density at radius 2 is 1.83 bits per heavy atom. The molecule has 0 unspecified atom stereocenters. The van der Waals surface area contributed by atoms with Crippen LogP contribution in [0.15, 0.2) is 53.7 Å². The van der Waals surface area contributed by atoms with E-state index < -0.39 is 15.9 Å². The number of hydrogen-bond donors (Lipinski definition) is 2. The monoisotopic (exact) mass is 347 g/mol. The number of hydrogen-bond acceptors (Lipinski definition) is 4. The average Bonchev–Trinajstić information content (AvgIpc) is 2.52. The summed E-state index contributed by atoms with van der Waals surface area (Å²) in [5.41, 5.74) is 0.345. The summed E-state index contributed by atoms with van der Waals surface area (Å²) in [6.07, 6.45) is 2.95. The predicted octanol–water partition coefficient (Wildman–Crippen LogP) is 2.66. The lowest BCUT2D eigenvalue weighted by Crippen LogP contribution is -2.33. The third kappa shape index (κ3) is 4.79. The van der Waals surface area contributed by atoms with Crippen LogP contribution in [0.1, 0.15) is 31.1 Å². The molecular weight excluding hydrogens is 326 g/mol. The Bertz CT molecular complexity index is 812. The molecule has 7 heteroatoms. The molecule has 0 atom stereocenters. The minimum absolute atomic E-state index is 0.0692. The van der Waals surface area contributed by atoms with E-state index in [9.17, 15) is 13.2 Å². The highest BCUT2D eigenvalue weighted by atomic mass is 32.2. The van der Waals surface area contributed by atoms with Gasteiger partial charge in [0, 0.05) is 12.7 Å². The fourth-order valence-electron chi connectivity index (χ4n) is 1.96. The van der Waals surface area contributed by atoms with Crippen LogP contribution < -0.4 is 10.0 Å². The minimum atomic E-state index is -3.89. The molecule has 0 fully saturated rings. The van der Waals surface area contributed by atoms with Gasteiger partial charge in [-0.05, 0) is 29.7 Å². The molecule has 1 amide bonds. The number of aromatic nitrogens is 1. The van der Waals surface area contributed by atoms with Gasteiger partial charge in [0.1, 0.15) is 4.90 Å². The van der Waals surface area contributed by atoms with Gasteiger partial charge in [-0.25, -0.2) is 8.42 Å². The first kappa shape index (κ1) is 17.9. The van der Waals surface area contributed by atoms with Gasteiger partial charge in [0.05, 0.1) is 17.4 Å². The molecule has 0 aliphatic heterocycles. The van der Waals surface area contributed by atoms with Crippen molar-refractivity contribution in [3.8, 4) is 0 Å². The van der Waals surface area contributed by atoms with Gasteiger partial charge in [0.2, 0.25) is 0 Å². The molecule has 128 valence electrons. The van der Waals surface area contributed by atoms with Crippen molar-refractivity contribution in [2.45, 2.75) is 25.7 Å². The lowest BCUT2D eigenvalue weighted by molar-refractivity contribution is 0.0936. The highest BCUT2D eigenvalue weighted by Gasteiger charge is 2.23. The minimum Gasteiger partial charge on any atom is -0.351 e. The third-order valence-electron chi connectivity index (χ3n) is 3.11. The SMILES string of the molecule is CC(C)(C)CNC(=O)c1ccccc1S(=O)(=O)Nc1cccnc1. The zero-order chi connectivity index (χ0) is 17.8. The van der Waals surface area contributed by atoms with Gasteiger partial charge in [0.15, 0.2) is 0 Å². The second-order valence-electron chi connectivity index (χ2n) is 6.59. The fourth-order valence-corrected chi connectivity index (χ4v) is 3.21. The smallest absolute Gasteiger partial charge is 0.262 e. The van der Waals surface area contributed by atoms with E-state index in [2.05, 4.69) is 15.0 Å². The van der Waals surface area contributed by atoms with Gasteiger partial charge in [-0.15, -0.1) is 0 Å². The van der Waals surface area contributed by atoms with E-state index in [1.165, 1.54) is 18.3 Å². The highest BCUT2D eigenvalue weighted by Crippen LogP contribution is 2.20. The number of anilines is 1. The molecule has 2 aromatic rings. The molecule has 0 aliphatic rings. The summed E-state index contributed by atoms with van der Waals surface area (Å²) in [5, 5.41) is 2.77. The molecule has 2 N–H and O–H groups in total. The maximum Gasteiger partial charge on any atom is 0.262 e. The summed E-state index contributed by atoms with van der Waals surface area (Å²) < 4.78 is 27.7. The molecule has 0 aliphatic carbocycles. The molecule has 0 radical (unpaired) electrons. The molecule has 2 rings (SSSR count). The van der Waals surface area contributed by atoms with E-state index >= 15 is 0 Å². The maximum absolute atomic E-state index is 12.6. The molecule has 6 nitrogen and oxygen atoms in total. The standard InChI is InChI=1S/C17H21N3O3S/c1-17(2,3)12-19-16(21)14-8-4-5-9-15(14)24(22,23)20-13-7-6-10-18-11-13/h4-11,20H,12H2,1-3H3,(H,19,21). The van der Waals surface area contributed by atoms with Crippen LogP contribution >= 0.6 is 0 Å². The van der Waals surface area contributed by atoms with Crippen LogP contribution in [0.2, 0.25) is 0 Å². The van der Waals surface area contributed by atoms with E-state index in [0.717, 1.165) is 0 Å². The van der Waals surface area contributed by atoms with E-state index in [1.54, 1.807) is 30.5 Å².